The normalized spacial score (nSPS) is 10.0. The van der Waals surface area contributed by atoms with Crippen LogP contribution in [0.2, 0.25) is 0 Å². The summed E-state index contributed by atoms with van der Waals surface area (Å²) in [7, 11) is 0. The third kappa shape index (κ3) is 3.95. The number of carboxylic acid groups (broad SMARTS) is 1. The van der Waals surface area contributed by atoms with Crippen LogP contribution in [-0.2, 0) is 17.8 Å². The Morgan fingerprint density at radius 1 is 0.900 bits per heavy atom. The van der Waals surface area contributed by atoms with E-state index in [2.05, 4.69) is 5.32 Å². The van der Waals surface area contributed by atoms with Crippen molar-refractivity contribution in [1.82, 2.24) is 5.32 Å². The van der Waals surface area contributed by atoms with Gasteiger partial charge in [-0.25, -0.2) is 4.79 Å². The number of nitrogens with one attached hydrogen (secondary N) is 1. The van der Waals surface area contributed by atoms with E-state index in [4.69, 9.17) is 5.11 Å². The van der Waals surface area contributed by atoms with Crippen LogP contribution in [0.5, 0.6) is 0 Å². The fourth-order valence-corrected chi connectivity index (χ4v) is 1.81. The molecule has 2 aromatic carbocycles. The number of amides is 1. The minimum Gasteiger partial charge on any atom is -0.478 e. The van der Waals surface area contributed by atoms with Gasteiger partial charge in [-0.05, 0) is 23.3 Å². The lowest BCUT2D eigenvalue weighted by Gasteiger charge is -2.06. The van der Waals surface area contributed by atoms with Crippen LogP contribution in [0.3, 0.4) is 0 Å². The lowest BCUT2D eigenvalue weighted by molar-refractivity contribution is -0.120. The number of carbonyl (C=O) groups is 2. The van der Waals surface area contributed by atoms with E-state index in [0.717, 1.165) is 11.1 Å². The van der Waals surface area contributed by atoms with Crippen LogP contribution in [0.15, 0.2) is 54.6 Å². The van der Waals surface area contributed by atoms with Gasteiger partial charge in [0.05, 0.1) is 12.0 Å². The second-order valence-electron chi connectivity index (χ2n) is 4.44. The highest BCUT2D eigenvalue weighted by Gasteiger charge is 2.04. The molecule has 0 fully saturated rings. The van der Waals surface area contributed by atoms with Crippen molar-refractivity contribution >= 4 is 11.9 Å². The molecule has 0 heterocycles. The summed E-state index contributed by atoms with van der Waals surface area (Å²) in [6, 6.07) is 16.0. The predicted molar refractivity (Wildman–Crippen MR) is 75.4 cm³/mol. The van der Waals surface area contributed by atoms with Crippen molar-refractivity contribution in [2.45, 2.75) is 13.0 Å². The Morgan fingerprint density at radius 2 is 1.55 bits per heavy atom. The first-order valence-corrected chi connectivity index (χ1v) is 6.28. The summed E-state index contributed by atoms with van der Waals surface area (Å²) in [5.41, 5.74) is 2.08. The summed E-state index contributed by atoms with van der Waals surface area (Å²) in [4.78, 5) is 22.5. The van der Waals surface area contributed by atoms with Gasteiger partial charge in [0.25, 0.3) is 0 Å². The van der Waals surface area contributed by atoms with E-state index in [1.165, 1.54) is 12.1 Å². The molecule has 0 radical (unpaired) electrons. The van der Waals surface area contributed by atoms with Gasteiger partial charge in [0, 0.05) is 6.54 Å². The number of hydrogen-bond acceptors (Lipinski definition) is 2. The van der Waals surface area contributed by atoms with Gasteiger partial charge in [-0.15, -0.1) is 0 Å². The number of hydrogen-bond donors (Lipinski definition) is 2. The highest BCUT2D eigenvalue weighted by Crippen LogP contribution is 2.05. The maximum atomic E-state index is 11.8. The third-order valence-electron chi connectivity index (χ3n) is 2.90. The summed E-state index contributed by atoms with van der Waals surface area (Å²) in [5.74, 6) is -1.01. The topological polar surface area (TPSA) is 66.4 Å². The standard InChI is InChI=1S/C16H15NO3/c18-15(10-12-4-2-1-3-5-12)17-11-13-6-8-14(9-7-13)16(19)20/h1-9H,10-11H2,(H,17,18)(H,19,20). The molecule has 0 saturated carbocycles. The molecule has 0 aliphatic carbocycles. The molecule has 0 aliphatic heterocycles. The second-order valence-corrected chi connectivity index (χ2v) is 4.44. The molecule has 20 heavy (non-hydrogen) atoms. The summed E-state index contributed by atoms with van der Waals surface area (Å²) in [6.45, 7) is 0.394. The van der Waals surface area contributed by atoms with Crippen molar-refractivity contribution in [2.24, 2.45) is 0 Å². The van der Waals surface area contributed by atoms with E-state index in [9.17, 15) is 9.59 Å². The Hall–Kier alpha value is -2.62. The summed E-state index contributed by atoms with van der Waals surface area (Å²) < 4.78 is 0. The molecule has 0 aliphatic rings. The molecule has 0 unspecified atom stereocenters. The zero-order valence-corrected chi connectivity index (χ0v) is 10.9. The number of rotatable bonds is 5. The van der Waals surface area contributed by atoms with Gasteiger partial charge in [-0.3, -0.25) is 4.79 Å². The first kappa shape index (κ1) is 13.8. The molecule has 0 aromatic heterocycles. The highest BCUT2D eigenvalue weighted by atomic mass is 16.4. The molecule has 102 valence electrons. The Bertz CT molecular complexity index is 591. The van der Waals surface area contributed by atoms with E-state index in [1.54, 1.807) is 12.1 Å². The quantitative estimate of drug-likeness (QED) is 0.874. The van der Waals surface area contributed by atoms with Gasteiger partial charge in [-0.1, -0.05) is 42.5 Å². The molecule has 2 N–H and O–H groups in total. The molecule has 2 aromatic rings. The van der Waals surface area contributed by atoms with Crippen LogP contribution >= 0.6 is 0 Å². The summed E-state index contributed by atoms with van der Waals surface area (Å²) >= 11 is 0. The Balaban J connectivity index is 1.85. The smallest absolute Gasteiger partial charge is 0.335 e. The van der Waals surface area contributed by atoms with Crippen molar-refractivity contribution in [3.05, 3.63) is 71.3 Å². The zero-order valence-electron chi connectivity index (χ0n) is 10.9. The molecular formula is C16H15NO3. The van der Waals surface area contributed by atoms with Gasteiger partial charge in [0.15, 0.2) is 0 Å². The molecule has 2 rings (SSSR count). The van der Waals surface area contributed by atoms with Crippen LogP contribution < -0.4 is 5.32 Å². The van der Waals surface area contributed by atoms with Crippen LogP contribution in [-0.4, -0.2) is 17.0 Å². The van der Waals surface area contributed by atoms with E-state index < -0.39 is 5.97 Å². The second kappa shape index (κ2) is 6.52. The van der Waals surface area contributed by atoms with Crippen molar-refractivity contribution in [2.75, 3.05) is 0 Å². The molecule has 4 nitrogen and oxygen atoms in total. The largest absolute Gasteiger partial charge is 0.478 e. The maximum Gasteiger partial charge on any atom is 0.335 e. The minimum absolute atomic E-state index is 0.0569. The number of carbonyl (C=O) groups excluding carboxylic acids is 1. The molecule has 0 bridgehead atoms. The fourth-order valence-electron chi connectivity index (χ4n) is 1.81. The van der Waals surface area contributed by atoms with Gasteiger partial charge in [0.2, 0.25) is 5.91 Å². The van der Waals surface area contributed by atoms with Gasteiger partial charge < -0.3 is 10.4 Å². The SMILES string of the molecule is O=C(Cc1ccccc1)NCc1ccc(C(=O)O)cc1. The number of benzene rings is 2. The minimum atomic E-state index is -0.954. The fraction of sp³-hybridized carbons (Fsp3) is 0.125. The van der Waals surface area contributed by atoms with E-state index in [-0.39, 0.29) is 11.5 Å². The van der Waals surface area contributed by atoms with Crippen molar-refractivity contribution in [3.8, 4) is 0 Å². The average Bonchev–Trinajstić information content (AvgIpc) is 2.46. The van der Waals surface area contributed by atoms with Crippen LogP contribution in [0, 0.1) is 0 Å². The van der Waals surface area contributed by atoms with E-state index >= 15 is 0 Å². The summed E-state index contributed by atoms with van der Waals surface area (Å²) in [5, 5.41) is 11.6. The van der Waals surface area contributed by atoms with Gasteiger partial charge >= 0.3 is 5.97 Å². The van der Waals surface area contributed by atoms with Crippen molar-refractivity contribution in [1.29, 1.82) is 0 Å². The maximum absolute atomic E-state index is 11.8. The highest BCUT2D eigenvalue weighted by molar-refractivity contribution is 5.87. The van der Waals surface area contributed by atoms with Crippen LogP contribution in [0.4, 0.5) is 0 Å². The van der Waals surface area contributed by atoms with E-state index in [0.29, 0.717) is 13.0 Å². The van der Waals surface area contributed by atoms with Crippen molar-refractivity contribution in [3.63, 3.8) is 0 Å². The molecule has 4 heteroatoms. The molecular weight excluding hydrogens is 254 g/mol. The van der Waals surface area contributed by atoms with Crippen LogP contribution in [0.1, 0.15) is 21.5 Å². The molecule has 1 amide bonds. The molecule has 0 atom stereocenters. The first-order valence-electron chi connectivity index (χ1n) is 6.28. The number of aromatic carboxylic acids is 1. The summed E-state index contributed by atoms with van der Waals surface area (Å²) in [6.07, 6.45) is 0.341. The first-order chi connectivity index (χ1) is 9.65. The zero-order chi connectivity index (χ0) is 14.4. The average molecular weight is 269 g/mol. The van der Waals surface area contributed by atoms with Gasteiger partial charge in [-0.2, -0.15) is 0 Å². The molecule has 0 saturated heterocycles. The third-order valence-corrected chi connectivity index (χ3v) is 2.90. The van der Waals surface area contributed by atoms with Gasteiger partial charge in [0.1, 0.15) is 0 Å². The Morgan fingerprint density at radius 3 is 2.15 bits per heavy atom. The van der Waals surface area contributed by atoms with Crippen LogP contribution in [0.25, 0.3) is 0 Å². The van der Waals surface area contributed by atoms with E-state index in [1.807, 2.05) is 30.3 Å². The lowest BCUT2D eigenvalue weighted by Crippen LogP contribution is -2.24. The lowest BCUT2D eigenvalue weighted by atomic mass is 10.1. The Labute approximate surface area is 117 Å². The Kier molecular flexibility index (Phi) is 4.50. The monoisotopic (exact) mass is 269 g/mol. The number of carboxylic acids is 1. The van der Waals surface area contributed by atoms with Crippen molar-refractivity contribution < 1.29 is 14.7 Å². The molecule has 0 spiro atoms. The predicted octanol–water partition coefficient (Wildman–Crippen LogP) is 2.24.